The number of nitrogens with zero attached hydrogens (tertiary/aromatic N) is 3. The first kappa shape index (κ1) is 21.2. The van der Waals surface area contributed by atoms with Gasteiger partial charge in [-0.15, -0.1) is 17.9 Å². The lowest BCUT2D eigenvalue weighted by Crippen LogP contribution is -2.42. The van der Waals surface area contributed by atoms with Crippen molar-refractivity contribution in [2.45, 2.75) is 30.5 Å². The molecule has 2 aromatic heterocycles. The number of hydrogen-bond acceptors (Lipinski definition) is 5. The van der Waals surface area contributed by atoms with Crippen LogP contribution in [0.1, 0.15) is 18.4 Å². The van der Waals surface area contributed by atoms with Crippen LogP contribution in [-0.4, -0.2) is 36.3 Å². The number of sulfonamides is 1. The van der Waals surface area contributed by atoms with E-state index in [0.717, 1.165) is 15.8 Å². The van der Waals surface area contributed by atoms with E-state index in [1.165, 1.54) is 27.0 Å². The van der Waals surface area contributed by atoms with Crippen molar-refractivity contribution in [3.8, 4) is 0 Å². The van der Waals surface area contributed by atoms with Crippen molar-refractivity contribution in [1.29, 1.82) is 0 Å². The van der Waals surface area contributed by atoms with E-state index in [2.05, 4.69) is 17.6 Å². The van der Waals surface area contributed by atoms with Crippen LogP contribution in [0.25, 0.3) is 10.2 Å². The van der Waals surface area contributed by atoms with Crippen molar-refractivity contribution in [2.75, 3.05) is 13.1 Å². The fraction of sp³-hybridized carbons (Fsp3) is 0.333. The zero-order valence-electron chi connectivity index (χ0n) is 16.7. The number of rotatable bonds is 5. The number of allylic oxidation sites excluding steroid dienone is 1. The molecule has 0 N–H and O–H groups in total. The van der Waals surface area contributed by atoms with Gasteiger partial charge in [0.15, 0.2) is 4.80 Å². The number of hydrogen-bond donors (Lipinski definition) is 0. The highest BCUT2D eigenvalue weighted by Crippen LogP contribution is 2.27. The molecule has 1 saturated heterocycles. The largest absolute Gasteiger partial charge is 0.313 e. The molecule has 0 radical (unpaired) electrons. The van der Waals surface area contributed by atoms with Crippen molar-refractivity contribution < 1.29 is 13.2 Å². The summed E-state index contributed by atoms with van der Waals surface area (Å²) in [6, 6.07) is 9.48. The maximum Gasteiger partial charge on any atom is 0.252 e. The Hall–Kier alpha value is -2.07. The van der Waals surface area contributed by atoms with Crippen LogP contribution in [-0.2, 0) is 21.4 Å². The van der Waals surface area contributed by atoms with E-state index in [0.29, 0.717) is 34.9 Å². The normalized spacial score (nSPS) is 18.7. The van der Waals surface area contributed by atoms with E-state index >= 15 is 0 Å². The van der Waals surface area contributed by atoms with Crippen LogP contribution in [0.2, 0.25) is 0 Å². The van der Waals surface area contributed by atoms with E-state index in [4.69, 9.17) is 0 Å². The Bertz CT molecular complexity index is 1250. The highest BCUT2D eigenvalue weighted by molar-refractivity contribution is 7.91. The number of piperidine rings is 1. The summed E-state index contributed by atoms with van der Waals surface area (Å²) in [5.41, 5.74) is 2.16. The van der Waals surface area contributed by atoms with Gasteiger partial charge in [-0.05, 0) is 48.9 Å². The minimum Gasteiger partial charge on any atom is -0.313 e. The number of benzene rings is 1. The van der Waals surface area contributed by atoms with Crippen LogP contribution < -0.4 is 4.80 Å². The summed E-state index contributed by atoms with van der Waals surface area (Å²) in [4.78, 5) is 18.1. The molecule has 158 valence electrons. The van der Waals surface area contributed by atoms with Gasteiger partial charge in [0, 0.05) is 19.6 Å². The zero-order chi connectivity index (χ0) is 21.3. The van der Waals surface area contributed by atoms with Crippen LogP contribution >= 0.6 is 22.7 Å². The maximum absolute atomic E-state index is 13.0. The third-order valence-electron chi connectivity index (χ3n) is 5.18. The number of amides is 1. The molecule has 0 saturated carbocycles. The number of fused-ring (bicyclic) bond motifs is 1. The zero-order valence-corrected chi connectivity index (χ0v) is 19.1. The van der Waals surface area contributed by atoms with Crippen molar-refractivity contribution >= 4 is 48.8 Å². The summed E-state index contributed by atoms with van der Waals surface area (Å²) >= 11 is 2.67. The summed E-state index contributed by atoms with van der Waals surface area (Å²) in [6.07, 6.45) is 3.07. The second-order valence-electron chi connectivity index (χ2n) is 7.34. The van der Waals surface area contributed by atoms with Crippen molar-refractivity contribution in [2.24, 2.45) is 10.9 Å². The monoisotopic (exact) mass is 461 g/mol. The summed E-state index contributed by atoms with van der Waals surface area (Å²) < 4.78 is 30.5. The lowest BCUT2D eigenvalue weighted by molar-refractivity contribution is -0.122. The Kier molecular flexibility index (Phi) is 6.06. The van der Waals surface area contributed by atoms with E-state index < -0.39 is 15.9 Å². The Morgan fingerprint density at radius 1 is 1.37 bits per heavy atom. The minimum atomic E-state index is -3.56. The van der Waals surface area contributed by atoms with Crippen molar-refractivity contribution in [1.82, 2.24) is 8.87 Å². The van der Waals surface area contributed by atoms with Gasteiger partial charge < -0.3 is 4.57 Å². The summed E-state index contributed by atoms with van der Waals surface area (Å²) in [5.74, 6) is -0.695. The van der Waals surface area contributed by atoms with Gasteiger partial charge in [-0.2, -0.15) is 9.30 Å². The molecule has 1 amide bonds. The first-order chi connectivity index (χ1) is 14.4. The number of thiophene rings is 1. The Morgan fingerprint density at radius 2 is 2.20 bits per heavy atom. The first-order valence-corrected chi connectivity index (χ1v) is 12.9. The predicted molar refractivity (Wildman–Crippen MR) is 121 cm³/mol. The highest BCUT2D eigenvalue weighted by atomic mass is 32.2. The van der Waals surface area contributed by atoms with Gasteiger partial charge >= 0.3 is 0 Å². The van der Waals surface area contributed by atoms with Crippen molar-refractivity contribution in [3.05, 3.63) is 58.7 Å². The van der Waals surface area contributed by atoms with Crippen LogP contribution in [0.3, 0.4) is 0 Å². The van der Waals surface area contributed by atoms with Crippen LogP contribution in [0.5, 0.6) is 0 Å². The number of carbonyl (C=O) groups is 1. The molecule has 1 aliphatic heterocycles. The van der Waals surface area contributed by atoms with Gasteiger partial charge in [-0.25, -0.2) is 8.42 Å². The quantitative estimate of drug-likeness (QED) is 0.543. The average Bonchev–Trinajstić information content (AvgIpc) is 3.37. The lowest BCUT2D eigenvalue weighted by atomic mass is 9.99. The molecule has 0 aliphatic carbocycles. The average molecular weight is 462 g/mol. The van der Waals surface area contributed by atoms with Gasteiger partial charge in [0.1, 0.15) is 4.21 Å². The van der Waals surface area contributed by atoms with Gasteiger partial charge in [0.05, 0.1) is 16.1 Å². The molecule has 0 spiro atoms. The SMILES string of the molecule is C=CCn1c(=NC(=O)C2CCCN(S(=O)(=O)c3cccs3)C2)sc2cc(C)ccc21. The van der Waals surface area contributed by atoms with Crippen LogP contribution in [0.15, 0.2) is 57.6 Å². The van der Waals surface area contributed by atoms with Gasteiger partial charge in [-0.3, -0.25) is 4.79 Å². The Morgan fingerprint density at radius 3 is 2.93 bits per heavy atom. The molecule has 1 aliphatic rings. The van der Waals surface area contributed by atoms with Gasteiger partial charge in [0.2, 0.25) is 0 Å². The number of aromatic nitrogens is 1. The van der Waals surface area contributed by atoms with Gasteiger partial charge in [-0.1, -0.05) is 29.5 Å². The molecule has 30 heavy (non-hydrogen) atoms. The third kappa shape index (κ3) is 4.07. The molecular weight excluding hydrogens is 438 g/mol. The fourth-order valence-corrected chi connectivity index (χ4v) is 7.47. The maximum atomic E-state index is 13.0. The molecule has 1 atom stereocenters. The van der Waals surface area contributed by atoms with Crippen LogP contribution in [0.4, 0.5) is 0 Å². The topological polar surface area (TPSA) is 71.7 Å². The fourth-order valence-electron chi connectivity index (χ4n) is 3.66. The molecule has 4 rings (SSSR count). The number of aryl methyl sites for hydroxylation is 1. The number of thiazole rings is 1. The molecule has 9 heteroatoms. The second-order valence-corrected chi connectivity index (χ2v) is 11.5. The summed E-state index contributed by atoms with van der Waals surface area (Å²) in [5, 5.41) is 1.75. The Balaban J connectivity index is 1.64. The Labute approximate surface area is 183 Å². The molecule has 6 nitrogen and oxygen atoms in total. The summed E-state index contributed by atoms with van der Waals surface area (Å²) in [7, 11) is -3.56. The molecule has 1 aromatic carbocycles. The molecule has 3 aromatic rings. The molecule has 1 fully saturated rings. The molecule has 3 heterocycles. The summed E-state index contributed by atoms with van der Waals surface area (Å²) in [6.45, 7) is 7.01. The van der Waals surface area contributed by atoms with E-state index in [9.17, 15) is 13.2 Å². The molecule has 1 unspecified atom stereocenters. The third-order valence-corrected chi connectivity index (χ3v) is 9.46. The highest BCUT2D eigenvalue weighted by Gasteiger charge is 2.33. The second kappa shape index (κ2) is 8.58. The van der Waals surface area contributed by atoms with E-state index in [1.807, 2.05) is 23.6 Å². The standard InChI is InChI=1S/C21H23N3O3S3/c1-3-10-24-17-9-8-15(2)13-18(17)29-21(24)22-20(25)16-6-4-11-23(14-16)30(26,27)19-7-5-12-28-19/h3,5,7-9,12-13,16H,1,4,6,10-11,14H2,2H3. The van der Waals surface area contributed by atoms with Crippen LogP contribution in [0, 0.1) is 12.8 Å². The van der Waals surface area contributed by atoms with E-state index in [-0.39, 0.29) is 12.5 Å². The predicted octanol–water partition coefficient (Wildman–Crippen LogP) is 3.79. The lowest BCUT2D eigenvalue weighted by Gasteiger charge is -2.29. The first-order valence-electron chi connectivity index (χ1n) is 9.73. The smallest absolute Gasteiger partial charge is 0.252 e. The molecular formula is C21H23N3O3S3. The minimum absolute atomic E-state index is 0.175. The number of carbonyl (C=O) groups excluding carboxylic acids is 1. The molecule has 0 bridgehead atoms. The van der Waals surface area contributed by atoms with Crippen molar-refractivity contribution in [3.63, 3.8) is 0 Å². The van der Waals surface area contributed by atoms with Gasteiger partial charge in [0.25, 0.3) is 15.9 Å². The van der Waals surface area contributed by atoms with E-state index in [1.54, 1.807) is 23.6 Å².